The molecule has 0 unspecified atom stereocenters. The Bertz CT molecular complexity index is 462. The van der Waals surface area contributed by atoms with Crippen molar-refractivity contribution in [2.45, 2.75) is 13.3 Å². The third kappa shape index (κ3) is 1.47. The molecule has 0 aliphatic carbocycles. The van der Waals surface area contributed by atoms with Gasteiger partial charge in [-0.3, -0.25) is 0 Å². The normalized spacial score (nSPS) is 11.1. The van der Waals surface area contributed by atoms with Crippen molar-refractivity contribution in [1.29, 1.82) is 0 Å². The molecule has 0 spiro atoms. The number of halogens is 2. The minimum absolute atomic E-state index is 0.661. The topological polar surface area (TPSA) is 4.41 Å². The monoisotopic (exact) mass is 271 g/mol. The van der Waals surface area contributed by atoms with Gasteiger partial charge in [-0.25, -0.2) is 0 Å². The van der Waals surface area contributed by atoms with E-state index in [4.69, 9.17) is 11.6 Å². The first-order valence-electron chi connectivity index (χ1n) is 4.55. The van der Waals surface area contributed by atoms with Gasteiger partial charge in [-0.15, -0.1) is 11.6 Å². The van der Waals surface area contributed by atoms with E-state index in [1.165, 1.54) is 21.2 Å². The van der Waals surface area contributed by atoms with Gasteiger partial charge in [-0.05, 0) is 40.5 Å². The van der Waals surface area contributed by atoms with Crippen LogP contribution < -0.4 is 0 Å². The maximum atomic E-state index is 5.79. The van der Waals surface area contributed by atoms with Crippen LogP contribution >= 0.6 is 27.5 Å². The number of alkyl halides is 1. The molecular formula is C11H11BrClN. The molecule has 2 rings (SSSR count). The van der Waals surface area contributed by atoms with Crippen LogP contribution in [0.1, 0.15) is 11.3 Å². The summed E-state index contributed by atoms with van der Waals surface area (Å²) < 4.78 is 3.38. The molecule has 14 heavy (non-hydrogen) atoms. The van der Waals surface area contributed by atoms with E-state index in [0.717, 1.165) is 6.42 Å². The van der Waals surface area contributed by atoms with Crippen molar-refractivity contribution in [2.75, 3.05) is 5.88 Å². The second-order valence-electron chi connectivity index (χ2n) is 3.28. The smallest absolute Gasteiger partial charge is 0.0597 e. The van der Waals surface area contributed by atoms with Gasteiger partial charge < -0.3 is 4.40 Å². The number of aromatic nitrogens is 1. The van der Waals surface area contributed by atoms with Crippen molar-refractivity contribution < 1.29 is 0 Å². The van der Waals surface area contributed by atoms with Gasteiger partial charge in [-0.2, -0.15) is 0 Å². The van der Waals surface area contributed by atoms with E-state index in [1.807, 2.05) is 12.1 Å². The molecule has 0 atom stereocenters. The Balaban J connectivity index is 2.74. The van der Waals surface area contributed by atoms with Gasteiger partial charge >= 0.3 is 0 Å². The Hall–Kier alpha value is -0.470. The van der Waals surface area contributed by atoms with E-state index in [1.54, 1.807) is 0 Å². The van der Waals surface area contributed by atoms with Crippen molar-refractivity contribution in [2.24, 2.45) is 0 Å². The van der Waals surface area contributed by atoms with Crippen LogP contribution in [0.5, 0.6) is 0 Å². The van der Waals surface area contributed by atoms with E-state index < -0.39 is 0 Å². The van der Waals surface area contributed by atoms with Crippen LogP contribution in [0, 0.1) is 6.92 Å². The van der Waals surface area contributed by atoms with Crippen molar-refractivity contribution in [3.63, 3.8) is 0 Å². The summed E-state index contributed by atoms with van der Waals surface area (Å²) in [6, 6.07) is 6.19. The number of hydrogen-bond donors (Lipinski definition) is 0. The molecule has 1 nitrogen and oxygen atoms in total. The fourth-order valence-electron chi connectivity index (χ4n) is 1.75. The van der Waals surface area contributed by atoms with Gasteiger partial charge in [0.25, 0.3) is 0 Å². The van der Waals surface area contributed by atoms with Gasteiger partial charge in [0.2, 0.25) is 0 Å². The highest BCUT2D eigenvalue weighted by Gasteiger charge is 2.11. The summed E-state index contributed by atoms with van der Waals surface area (Å²) in [4.78, 5) is 0. The minimum Gasteiger partial charge on any atom is -0.319 e. The fraction of sp³-hybridized carbons (Fsp3) is 0.273. The first-order valence-corrected chi connectivity index (χ1v) is 5.88. The van der Waals surface area contributed by atoms with Crippen LogP contribution in [0.4, 0.5) is 0 Å². The largest absolute Gasteiger partial charge is 0.319 e. The molecule has 0 N–H and O–H groups in total. The number of fused-ring (bicyclic) bond motifs is 1. The van der Waals surface area contributed by atoms with Gasteiger partial charge in [0.15, 0.2) is 0 Å². The molecule has 0 radical (unpaired) electrons. The Kier molecular flexibility index (Phi) is 2.84. The zero-order valence-electron chi connectivity index (χ0n) is 7.93. The highest BCUT2D eigenvalue weighted by atomic mass is 79.9. The van der Waals surface area contributed by atoms with E-state index in [-0.39, 0.29) is 0 Å². The van der Waals surface area contributed by atoms with Crippen molar-refractivity contribution in [3.05, 3.63) is 40.1 Å². The minimum atomic E-state index is 0.661. The summed E-state index contributed by atoms with van der Waals surface area (Å²) in [5.74, 6) is 0.661. The van der Waals surface area contributed by atoms with Gasteiger partial charge in [-0.1, -0.05) is 6.07 Å². The summed E-state index contributed by atoms with van der Waals surface area (Å²) in [5, 5.41) is 0. The summed E-state index contributed by atoms with van der Waals surface area (Å²) in [6.45, 7) is 2.12. The second kappa shape index (κ2) is 3.95. The lowest BCUT2D eigenvalue weighted by Crippen LogP contribution is -1.94. The first kappa shape index (κ1) is 10.1. The summed E-state index contributed by atoms with van der Waals surface area (Å²) >= 11 is 9.40. The Morgan fingerprint density at radius 3 is 2.93 bits per heavy atom. The van der Waals surface area contributed by atoms with Crippen molar-refractivity contribution in [1.82, 2.24) is 4.40 Å². The van der Waals surface area contributed by atoms with Gasteiger partial charge in [0, 0.05) is 28.7 Å². The van der Waals surface area contributed by atoms with Gasteiger partial charge in [0.05, 0.1) is 5.52 Å². The van der Waals surface area contributed by atoms with Crippen molar-refractivity contribution >= 4 is 33.0 Å². The van der Waals surface area contributed by atoms with E-state index in [2.05, 4.69) is 39.5 Å². The SMILES string of the molecule is Cc1c(Br)c2ccccn2c1CCCl. The predicted molar refractivity (Wildman–Crippen MR) is 64.3 cm³/mol. The lowest BCUT2D eigenvalue weighted by atomic mass is 10.2. The molecule has 0 fully saturated rings. The standard InChI is InChI=1S/C11H11BrClN/c1-8-9(5-6-13)14-7-3-2-4-10(14)11(8)12/h2-4,7H,5-6H2,1H3. The summed E-state index contributed by atoms with van der Waals surface area (Å²) in [7, 11) is 0. The summed E-state index contributed by atoms with van der Waals surface area (Å²) in [6.07, 6.45) is 2.99. The highest BCUT2D eigenvalue weighted by Crippen LogP contribution is 2.28. The molecular weight excluding hydrogens is 261 g/mol. The zero-order valence-corrected chi connectivity index (χ0v) is 10.3. The maximum Gasteiger partial charge on any atom is 0.0597 e. The third-order valence-corrected chi connectivity index (χ3v) is 3.66. The molecule has 0 aliphatic heterocycles. The Morgan fingerprint density at radius 2 is 2.21 bits per heavy atom. The molecule has 0 aliphatic rings. The van der Waals surface area contributed by atoms with Crippen molar-refractivity contribution in [3.8, 4) is 0 Å². The molecule has 0 bridgehead atoms. The van der Waals surface area contributed by atoms with E-state index in [9.17, 15) is 0 Å². The molecule has 3 heteroatoms. The molecule has 0 saturated heterocycles. The number of aryl methyl sites for hydroxylation is 1. The molecule has 74 valence electrons. The van der Waals surface area contributed by atoms with Crippen LogP contribution in [0.2, 0.25) is 0 Å². The Labute approximate surface area is 96.8 Å². The highest BCUT2D eigenvalue weighted by molar-refractivity contribution is 9.10. The summed E-state index contributed by atoms with van der Waals surface area (Å²) in [5.41, 5.74) is 3.80. The van der Waals surface area contributed by atoms with Gasteiger partial charge in [0.1, 0.15) is 0 Å². The first-order chi connectivity index (χ1) is 6.75. The van der Waals surface area contributed by atoms with Crippen LogP contribution in [0.15, 0.2) is 28.9 Å². The van der Waals surface area contributed by atoms with Crippen LogP contribution in [-0.4, -0.2) is 10.3 Å². The second-order valence-corrected chi connectivity index (χ2v) is 4.45. The van der Waals surface area contributed by atoms with Crippen LogP contribution in [0.3, 0.4) is 0 Å². The van der Waals surface area contributed by atoms with E-state index in [0.29, 0.717) is 5.88 Å². The average Bonchev–Trinajstić information content (AvgIpc) is 2.45. The molecule has 0 amide bonds. The lowest BCUT2D eigenvalue weighted by Gasteiger charge is -2.00. The Morgan fingerprint density at radius 1 is 1.43 bits per heavy atom. The lowest BCUT2D eigenvalue weighted by molar-refractivity contribution is 0.984. The predicted octanol–water partition coefficient (Wildman–Crippen LogP) is 3.79. The number of rotatable bonds is 2. The molecule has 2 heterocycles. The quantitative estimate of drug-likeness (QED) is 0.733. The van der Waals surface area contributed by atoms with E-state index >= 15 is 0 Å². The van der Waals surface area contributed by atoms with Crippen LogP contribution in [-0.2, 0) is 6.42 Å². The van der Waals surface area contributed by atoms with Crippen LogP contribution in [0.25, 0.3) is 5.52 Å². The maximum absolute atomic E-state index is 5.79. The third-order valence-electron chi connectivity index (χ3n) is 2.47. The zero-order chi connectivity index (χ0) is 10.1. The molecule has 0 saturated carbocycles. The number of hydrogen-bond acceptors (Lipinski definition) is 0. The average molecular weight is 273 g/mol. The molecule has 2 aromatic heterocycles. The fourth-order valence-corrected chi connectivity index (χ4v) is 2.49. The molecule has 0 aromatic carbocycles. The molecule has 2 aromatic rings. The number of nitrogens with zero attached hydrogens (tertiary/aromatic N) is 1. The number of pyridine rings is 1.